The van der Waals surface area contributed by atoms with E-state index in [4.69, 9.17) is 64.2 Å². The molecule has 4 aromatic heterocycles. The van der Waals surface area contributed by atoms with Crippen molar-refractivity contribution in [2.45, 2.75) is 114 Å². The number of rotatable bonds is 36. The number of piperidine rings is 2. The van der Waals surface area contributed by atoms with Gasteiger partial charge in [0.1, 0.15) is 78.6 Å². The van der Waals surface area contributed by atoms with Gasteiger partial charge >= 0.3 is 0 Å². The molecule has 2 aliphatic carbocycles. The number of alkyl halides is 1. The van der Waals surface area contributed by atoms with Gasteiger partial charge in [-0.05, 0) is 227 Å². The summed E-state index contributed by atoms with van der Waals surface area (Å²) < 4.78 is 133. The van der Waals surface area contributed by atoms with Gasteiger partial charge < -0.3 is 105 Å². The molecule has 1 saturated carbocycles. The fourth-order valence-corrected chi connectivity index (χ4v) is 26.6. The number of nitrogens with one attached hydrogen (secondary N) is 8. The summed E-state index contributed by atoms with van der Waals surface area (Å²) in [6.45, 7) is 27.5. The van der Waals surface area contributed by atoms with Crippen LogP contribution in [-0.2, 0) is 32.9 Å². The van der Waals surface area contributed by atoms with E-state index in [9.17, 15) is 40.3 Å². The molecule has 7 aromatic carbocycles. The lowest BCUT2D eigenvalue weighted by Crippen LogP contribution is -2.52. The number of aromatic nitrogens is 8. The van der Waals surface area contributed by atoms with Crippen molar-refractivity contribution in [3.63, 3.8) is 0 Å². The summed E-state index contributed by atoms with van der Waals surface area (Å²) in [4.78, 5) is 59.1. The van der Waals surface area contributed by atoms with Gasteiger partial charge in [0, 0.05) is 141 Å². The van der Waals surface area contributed by atoms with Crippen LogP contribution in [0.15, 0.2) is 181 Å². The quantitative estimate of drug-likeness (QED) is 0.0130. The molecular formula is C105H135Cl3F2N22O12P4S. The van der Waals surface area contributed by atoms with Crippen LogP contribution in [0, 0.1) is 23.6 Å². The molecule has 34 nitrogen and oxygen atoms in total. The Bertz CT molecular complexity index is 6910. The molecule has 4 aliphatic heterocycles. The van der Waals surface area contributed by atoms with Crippen LogP contribution in [0.1, 0.15) is 79.1 Å². The lowest BCUT2D eigenvalue weighted by molar-refractivity contribution is -0.122. The number of nitrogens with two attached hydrogens (primary N) is 1. The molecule has 44 heteroatoms. The number of fused-ring (bicyclic) bond motifs is 2. The first-order chi connectivity index (χ1) is 71.1. The van der Waals surface area contributed by atoms with E-state index in [0.717, 1.165) is 123 Å². The monoisotopic (exact) mass is 2190 g/mol. The Labute approximate surface area is 886 Å². The lowest BCUT2D eigenvalue weighted by atomic mass is 9.88. The first-order valence-corrected chi connectivity index (χ1v) is 62.3. The van der Waals surface area contributed by atoms with Crippen LogP contribution in [0.4, 0.5) is 107 Å². The average Bonchev–Trinajstić information content (AvgIpc) is 1.62. The highest BCUT2D eigenvalue weighted by Gasteiger charge is 2.48. The third-order valence-corrected chi connectivity index (χ3v) is 38.5. The summed E-state index contributed by atoms with van der Waals surface area (Å²) in [6.07, 6.45) is 18.1. The Kier molecular flexibility index (Phi) is 38.1. The van der Waals surface area contributed by atoms with Crippen LogP contribution in [0.2, 0.25) is 15.1 Å². The van der Waals surface area contributed by atoms with E-state index in [2.05, 4.69) is 158 Å². The van der Waals surface area contributed by atoms with Crippen molar-refractivity contribution >= 4 is 199 Å². The predicted molar refractivity (Wildman–Crippen MR) is 603 cm³/mol. The Balaban J connectivity index is 0.000000158. The first kappa shape index (κ1) is 113. The molecule has 17 rings (SSSR count). The van der Waals surface area contributed by atoms with E-state index < -0.39 is 55.6 Å². The average molecular weight is 2200 g/mol. The number of hydrogen-bond acceptors (Lipinski definition) is 33. The number of likely N-dealkylation sites (tertiary alicyclic amines) is 1. The maximum Gasteiger partial charge on any atom is 0.229 e. The van der Waals surface area contributed by atoms with Crippen LogP contribution in [0.3, 0.4) is 0 Å². The summed E-state index contributed by atoms with van der Waals surface area (Å²) >= 11 is 19.3. The second-order valence-electron chi connectivity index (χ2n) is 39.1. The fraction of sp³-hybridized carbons (Fsp3) is 0.419. The number of likely N-dealkylation sites (N-methyl/N-ethyl adjacent to an activating group) is 1. The fourth-order valence-electron chi connectivity index (χ4n) is 19.2. The zero-order valence-corrected chi connectivity index (χ0v) is 93.5. The van der Waals surface area contributed by atoms with Gasteiger partial charge in [-0.1, -0.05) is 85.1 Å². The van der Waals surface area contributed by atoms with E-state index >= 15 is 0 Å². The second-order valence-corrected chi connectivity index (χ2v) is 55.6. The van der Waals surface area contributed by atoms with Gasteiger partial charge in [0.15, 0.2) is 38.9 Å². The van der Waals surface area contributed by atoms with Gasteiger partial charge in [0.05, 0.1) is 116 Å². The minimum atomic E-state index is -3.61. The number of sulfone groups is 1. The Morgan fingerprint density at radius 2 is 0.859 bits per heavy atom. The van der Waals surface area contributed by atoms with Gasteiger partial charge in [0.25, 0.3) is 0 Å². The number of benzene rings is 7. The number of halogens is 5. The number of piperazine rings is 1. The maximum atomic E-state index is 14.5. The van der Waals surface area contributed by atoms with Crippen molar-refractivity contribution < 1.29 is 63.9 Å². The van der Waals surface area contributed by atoms with Crippen LogP contribution >= 0.6 is 63.4 Å². The molecule has 10 N–H and O–H groups in total. The van der Waals surface area contributed by atoms with Crippen LogP contribution in [0.5, 0.6) is 28.7 Å². The van der Waals surface area contributed by atoms with Crippen molar-refractivity contribution in [2.75, 3.05) is 213 Å². The molecule has 4 saturated heterocycles. The summed E-state index contributed by atoms with van der Waals surface area (Å²) in [5.74, 6) is 4.05. The third kappa shape index (κ3) is 28.7. The minimum absolute atomic E-state index is 0.0494. The van der Waals surface area contributed by atoms with E-state index in [0.29, 0.717) is 145 Å². The van der Waals surface area contributed by atoms with Gasteiger partial charge in [0.2, 0.25) is 29.7 Å². The number of para-hydroxylation sites is 2. The summed E-state index contributed by atoms with van der Waals surface area (Å²) in [6, 6.07) is 43.0. The van der Waals surface area contributed by atoms with E-state index in [1.54, 1.807) is 143 Å². The van der Waals surface area contributed by atoms with Crippen molar-refractivity contribution in [1.29, 1.82) is 0 Å². The molecule has 8 heterocycles. The highest BCUT2D eigenvalue weighted by molar-refractivity contribution is 7.92. The molecule has 1 amide bonds. The molecule has 5 unspecified atom stereocenters. The zero-order valence-electron chi connectivity index (χ0n) is 86.9. The lowest BCUT2D eigenvalue weighted by Gasteiger charge is -2.42. The third-order valence-electron chi connectivity index (χ3n) is 27.3. The van der Waals surface area contributed by atoms with Crippen LogP contribution in [0.25, 0.3) is 0 Å². The number of ether oxygens (including phenoxy) is 5. The number of allylic oxidation sites excluding steroid dienone is 1. The highest BCUT2D eigenvalue weighted by Crippen LogP contribution is 2.50. The molecule has 0 spiro atoms. The van der Waals surface area contributed by atoms with Gasteiger partial charge in [-0.15, -0.1) is 0 Å². The van der Waals surface area contributed by atoms with E-state index in [1.165, 1.54) is 51.5 Å². The molecule has 11 aromatic rings. The SMILES string of the molecule is CCCP(=O)(CCC)c1ccc(Nc2nc(Nc3ccc(N4CCC(N5CCN(C)CC5)CC4)cc3OC)ncc2Cl)c(OC)c1.COc1cc(N2CCC(N3CCC(F)C3)CC2)ccc1Nc1ncc(Cl)c(Nc2ccccc2P(C)(C)=O)n1.COc1cc(P(C)(C)=O)ccc1Nc1ncc(Cl)c(NC2C3C=CC(C3)C2C(N)=O)n1.COc1cc(P(C)(C)=O)ccc1Nc1ncc(F)c(Nc2ccccc2S(=O)(=O)C(C)C)n1. The minimum Gasteiger partial charge on any atom is -0.495 e. The van der Waals surface area contributed by atoms with Gasteiger partial charge in [-0.3, -0.25) is 14.6 Å². The molecular weight excluding hydrogens is 2060 g/mol. The van der Waals surface area contributed by atoms with Crippen LogP contribution in [-0.4, -0.2) is 259 Å². The number of methoxy groups -OCH3 is 5. The molecule has 0 radical (unpaired) electrons. The summed E-state index contributed by atoms with van der Waals surface area (Å²) in [5, 5.41) is 28.6. The van der Waals surface area contributed by atoms with Crippen molar-refractivity contribution in [1.82, 2.24) is 54.6 Å². The molecule has 2 bridgehead atoms. The van der Waals surface area contributed by atoms with Gasteiger partial charge in [-0.2, -0.15) is 19.9 Å². The maximum absolute atomic E-state index is 14.5. The van der Waals surface area contributed by atoms with Crippen molar-refractivity contribution in [2.24, 2.45) is 23.5 Å². The summed E-state index contributed by atoms with van der Waals surface area (Å²) in [7, 11) is -3.37. The number of anilines is 17. The Morgan fingerprint density at radius 1 is 0.463 bits per heavy atom. The van der Waals surface area contributed by atoms with E-state index in [1.807, 2.05) is 60.7 Å². The Hall–Kier alpha value is -11.5. The predicted octanol–water partition coefficient (Wildman–Crippen LogP) is 20.3. The molecule has 149 heavy (non-hydrogen) atoms. The van der Waals surface area contributed by atoms with Crippen molar-refractivity contribution in [3.8, 4) is 28.7 Å². The normalized spacial score (nSPS) is 17.8. The molecule has 6 aliphatic rings. The van der Waals surface area contributed by atoms with Crippen molar-refractivity contribution in [3.05, 3.63) is 197 Å². The zero-order chi connectivity index (χ0) is 107. The number of hydrogen-bond donors (Lipinski definition) is 9. The molecule has 798 valence electrons. The van der Waals surface area contributed by atoms with E-state index in [-0.39, 0.29) is 52.1 Å². The van der Waals surface area contributed by atoms with Crippen LogP contribution < -0.4 is 103 Å². The first-order valence-electron chi connectivity index (χ1n) is 49.7. The number of amides is 1. The largest absolute Gasteiger partial charge is 0.495 e. The number of carbonyl (C=O) groups is 1. The number of primary amides is 1. The number of nitrogens with zero attached hydrogens (tertiary/aromatic N) is 13. The topological polar surface area (TPSA) is 407 Å². The Morgan fingerprint density at radius 3 is 1.31 bits per heavy atom. The summed E-state index contributed by atoms with van der Waals surface area (Å²) in [5.41, 5.74) is 12.1. The molecule has 5 atom stereocenters. The highest BCUT2D eigenvalue weighted by atomic mass is 35.5. The van der Waals surface area contributed by atoms with Gasteiger partial charge in [-0.25, -0.2) is 37.1 Å². The number of carbonyl (C=O) groups excluding carboxylic acids is 1. The standard InChI is InChI=1S/C34H49ClN7O3P.C28H35ClFN6O2P.C22H26FN4O4PS.C21H25ClN5O3P/c1-6-20-46(43,21-7-2)27-9-11-29(32(23-27)45-5)37-33-28(35)24-36-34(39-33)38-30-10-8-26(22-31(30)44-4)41-14-12-25(13-15-41)42-18-16-40(3)17-19-42;1-38-25-16-21(35-14-11-20(12-15-35)36-13-10-19(30)18-36)8-9-23(25)33-28-31-17-22(29)27(34-28)32-24-6-4-5-7-26(24)39(2,3)37;1-14(2)33(29,30)20-9-7-6-8-18(20)25-21-16(23)13-24-22(27-21)26-17-11-10-15(32(4,5)28)12-19(17)31-3;1-30-16-9-13(31(2,3)29)6-7-15(16)25-21-24-10-14(22)20(27-21)26-18-12-5-4-11(8-12)17(18)19(23)28/h8-11,22-25H,6-7,12-21H2,1-5H3,(H2,36,37,38,39);4-9,16-17,19-20H,10-15,18H2,1-3H3,(H2,31,32,33,34);6-14H,1-5H3,(H2,24,25,26,27);4-7,9-12,17-18H,8H2,1-3H3,(H2,23,28)(H2,24,25,26,27). The second kappa shape index (κ2) is 50.2. The molecule has 5 fully saturated rings. The smallest absolute Gasteiger partial charge is 0.229 e.